The first-order chi connectivity index (χ1) is 6.31. The number of nitriles is 1. The normalized spacial score (nSPS) is 9.85. The molecule has 3 heteroatoms. The van der Waals surface area contributed by atoms with Crippen molar-refractivity contribution in [2.75, 3.05) is 0 Å². The SMILES string of the molecule is N#Cc1ccnc2ccc(I)cc12. The van der Waals surface area contributed by atoms with Crippen molar-refractivity contribution < 1.29 is 0 Å². The number of benzene rings is 1. The predicted octanol–water partition coefficient (Wildman–Crippen LogP) is 2.71. The van der Waals surface area contributed by atoms with Crippen LogP contribution in [0.15, 0.2) is 30.5 Å². The van der Waals surface area contributed by atoms with Crippen LogP contribution in [0.1, 0.15) is 5.56 Å². The molecule has 0 saturated heterocycles. The van der Waals surface area contributed by atoms with Gasteiger partial charge in [-0.3, -0.25) is 4.98 Å². The van der Waals surface area contributed by atoms with Gasteiger partial charge in [-0.2, -0.15) is 5.26 Å². The van der Waals surface area contributed by atoms with Crippen molar-refractivity contribution in [3.63, 3.8) is 0 Å². The van der Waals surface area contributed by atoms with E-state index in [1.807, 2.05) is 18.2 Å². The minimum absolute atomic E-state index is 0.684. The highest BCUT2D eigenvalue weighted by molar-refractivity contribution is 14.1. The molecule has 0 unspecified atom stereocenters. The van der Waals surface area contributed by atoms with Crippen molar-refractivity contribution in [3.05, 3.63) is 39.6 Å². The Labute approximate surface area is 89.4 Å². The van der Waals surface area contributed by atoms with Crippen LogP contribution in [0, 0.1) is 14.9 Å². The van der Waals surface area contributed by atoms with Crippen LogP contribution in [0.25, 0.3) is 10.9 Å². The van der Waals surface area contributed by atoms with E-state index in [1.54, 1.807) is 12.3 Å². The van der Waals surface area contributed by atoms with Gasteiger partial charge in [0.05, 0.1) is 17.1 Å². The Morgan fingerprint density at radius 3 is 2.92 bits per heavy atom. The van der Waals surface area contributed by atoms with E-state index in [4.69, 9.17) is 5.26 Å². The first-order valence-corrected chi connectivity index (χ1v) is 4.83. The van der Waals surface area contributed by atoms with Crippen LogP contribution >= 0.6 is 22.6 Å². The largest absolute Gasteiger partial charge is 0.256 e. The summed E-state index contributed by atoms with van der Waals surface area (Å²) in [6.07, 6.45) is 1.66. The summed E-state index contributed by atoms with van der Waals surface area (Å²) in [5.74, 6) is 0. The molecule has 62 valence electrons. The summed E-state index contributed by atoms with van der Waals surface area (Å²) in [6, 6.07) is 9.77. The molecule has 0 fully saturated rings. The standard InChI is InChI=1S/C10H5IN2/c11-8-1-2-10-9(5-8)7(6-12)3-4-13-10/h1-5H. The zero-order valence-corrected chi connectivity index (χ0v) is 8.82. The van der Waals surface area contributed by atoms with Crippen molar-refractivity contribution in [2.24, 2.45) is 0 Å². The van der Waals surface area contributed by atoms with E-state index in [-0.39, 0.29) is 0 Å². The van der Waals surface area contributed by atoms with Crippen LogP contribution in [0.2, 0.25) is 0 Å². The van der Waals surface area contributed by atoms with Crippen LogP contribution < -0.4 is 0 Å². The molecule has 0 aliphatic heterocycles. The number of fused-ring (bicyclic) bond motifs is 1. The molecule has 0 aliphatic rings. The third-order valence-electron chi connectivity index (χ3n) is 1.82. The van der Waals surface area contributed by atoms with Crippen molar-refractivity contribution in [1.29, 1.82) is 5.26 Å². The number of hydrogen-bond acceptors (Lipinski definition) is 2. The molecule has 1 aromatic heterocycles. The van der Waals surface area contributed by atoms with Gasteiger partial charge in [-0.05, 0) is 46.9 Å². The second-order valence-electron chi connectivity index (χ2n) is 2.63. The lowest BCUT2D eigenvalue weighted by molar-refractivity contribution is 1.39. The maximum absolute atomic E-state index is 8.85. The number of halogens is 1. The van der Waals surface area contributed by atoms with E-state index in [2.05, 4.69) is 33.6 Å². The number of pyridine rings is 1. The van der Waals surface area contributed by atoms with E-state index in [9.17, 15) is 0 Å². The first-order valence-electron chi connectivity index (χ1n) is 3.75. The molecule has 0 radical (unpaired) electrons. The lowest BCUT2D eigenvalue weighted by Crippen LogP contribution is -1.83. The van der Waals surface area contributed by atoms with Gasteiger partial charge in [0, 0.05) is 15.2 Å². The van der Waals surface area contributed by atoms with Gasteiger partial charge < -0.3 is 0 Å². The van der Waals surface area contributed by atoms with Crippen LogP contribution in [-0.4, -0.2) is 4.98 Å². The van der Waals surface area contributed by atoms with E-state index < -0.39 is 0 Å². The summed E-state index contributed by atoms with van der Waals surface area (Å²) in [7, 11) is 0. The van der Waals surface area contributed by atoms with E-state index in [0.717, 1.165) is 14.5 Å². The lowest BCUT2D eigenvalue weighted by atomic mass is 10.1. The fourth-order valence-corrected chi connectivity index (χ4v) is 1.71. The highest BCUT2D eigenvalue weighted by Gasteiger charge is 2.00. The molecular weight excluding hydrogens is 275 g/mol. The number of nitrogens with zero attached hydrogens (tertiary/aromatic N) is 2. The van der Waals surface area contributed by atoms with Crippen molar-refractivity contribution in [2.45, 2.75) is 0 Å². The molecule has 0 spiro atoms. The van der Waals surface area contributed by atoms with Gasteiger partial charge in [-0.15, -0.1) is 0 Å². The molecule has 0 amide bonds. The topological polar surface area (TPSA) is 36.7 Å². The molecular formula is C10H5IN2. The molecule has 2 rings (SSSR count). The number of rotatable bonds is 0. The fraction of sp³-hybridized carbons (Fsp3) is 0. The lowest BCUT2D eigenvalue weighted by Gasteiger charge is -1.98. The molecule has 0 bridgehead atoms. The van der Waals surface area contributed by atoms with Crippen molar-refractivity contribution >= 4 is 33.5 Å². The first kappa shape index (κ1) is 8.45. The molecule has 0 aliphatic carbocycles. The Morgan fingerprint density at radius 2 is 2.15 bits per heavy atom. The molecule has 2 nitrogen and oxygen atoms in total. The summed E-state index contributed by atoms with van der Waals surface area (Å²) >= 11 is 2.22. The zero-order chi connectivity index (χ0) is 9.26. The average molecular weight is 280 g/mol. The summed E-state index contributed by atoms with van der Waals surface area (Å²) in [6.45, 7) is 0. The molecule has 1 heterocycles. The van der Waals surface area contributed by atoms with E-state index in [0.29, 0.717) is 5.56 Å². The summed E-state index contributed by atoms with van der Waals surface area (Å²) in [5.41, 5.74) is 1.56. The van der Waals surface area contributed by atoms with Gasteiger partial charge in [0.25, 0.3) is 0 Å². The molecule has 13 heavy (non-hydrogen) atoms. The second-order valence-corrected chi connectivity index (χ2v) is 3.88. The number of aromatic nitrogens is 1. The van der Waals surface area contributed by atoms with E-state index in [1.165, 1.54) is 0 Å². The monoisotopic (exact) mass is 280 g/mol. The van der Waals surface area contributed by atoms with Gasteiger partial charge in [-0.25, -0.2) is 0 Å². The maximum Gasteiger partial charge on any atom is 0.0999 e. The second kappa shape index (κ2) is 3.30. The van der Waals surface area contributed by atoms with Crippen LogP contribution in [0.3, 0.4) is 0 Å². The van der Waals surface area contributed by atoms with Crippen LogP contribution in [-0.2, 0) is 0 Å². The fourth-order valence-electron chi connectivity index (χ4n) is 1.22. The van der Waals surface area contributed by atoms with Crippen LogP contribution in [0.4, 0.5) is 0 Å². The average Bonchev–Trinajstić information content (AvgIpc) is 2.17. The van der Waals surface area contributed by atoms with Gasteiger partial charge in [-0.1, -0.05) is 0 Å². The third-order valence-corrected chi connectivity index (χ3v) is 2.50. The zero-order valence-electron chi connectivity index (χ0n) is 6.66. The minimum Gasteiger partial charge on any atom is -0.256 e. The molecule has 1 aromatic carbocycles. The summed E-state index contributed by atoms with van der Waals surface area (Å²) < 4.78 is 1.12. The summed E-state index contributed by atoms with van der Waals surface area (Å²) in [5, 5.41) is 9.77. The Morgan fingerprint density at radius 1 is 1.31 bits per heavy atom. The van der Waals surface area contributed by atoms with Crippen LogP contribution in [0.5, 0.6) is 0 Å². The van der Waals surface area contributed by atoms with Gasteiger partial charge >= 0.3 is 0 Å². The number of hydrogen-bond donors (Lipinski definition) is 0. The molecule has 0 saturated carbocycles. The Balaban J connectivity index is 2.89. The quantitative estimate of drug-likeness (QED) is 0.696. The van der Waals surface area contributed by atoms with Crippen molar-refractivity contribution in [3.8, 4) is 6.07 Å². The predicted molar refractivity (Wildman–Crippen MR) is 59.2 cm³/mol. The Bertz CT molecular complexity index is 500. The molecule has 2 aromatic rings. The minimum atomic E-state index is 0.684. The summed E-state index contributed by atoms with van der Waals surface area (Å²) in [4.78, 5) is 4.18. The van der Waals surface area contributed by atoms with Gasteiger partial charge in [0.15, 0.2) is 0 Å². The van der Waals surface area contributed by atoms with Gasteiger partial charge in [0.2, 0.25) is 0 Å². The van der Waals surface area contributed by atoms with Crippen molar-refractivity contribution in [1.82, 2.24) is 4.98 Å². The molecule has 0 N–H and O–H groups in total. The smallest absolute Gasteiger partial charge is 0.0999 e. The van der Waals surface area contributed by atoms with E-state index >= 15 is 0 Å². The third kappa shape index (κ3) is 1.49. The highest BCUT2D eigenvalue weighted by atomic mass is 127. The Kier molecular flexibility index (Phi) is 2.15. The highest BCUT2D eigenvalue weighted by Crippen LogP contribution is 2.18. The Hall–Kier alpha value is -1.15. The van der Waals surface area contributed by atoms with Gasteiger partial charge in [0.1, 0.15) is 0 Å². The molecule has 0 atom stereocenters. The maximum atomic E-state index is 8.85.